The lowest BCUT2D eigenvalue weighted by Crippen LogP contribution is -2.36. The number of carbonyl (C=O) groups excluding carboxylic acids is 2. The molecule has 14 nitrogen and oxygen atoms in total. The molecule has 2 heterocycles. The first-order chi connectivity index (χ1) is 31.2. The number of nitrogens with two attached hydrogens (primary N) is 2. The number of hydrogen-bond acceptors (Lipinski definition) is 10. The van der Waals surface area contributed by atoms with E-state index in [4.69, 9.17) is 11.5 Å². The molecule has 0 saturated carbocycles. The van der Waals surface area contributed by atoms with Crippen molar-refractivity contribution in [3.05, 3.63) is 181 Å². The first-order valence-corrected chi connectivity index (χ1v) is 21.0. The maximum absolute atomic E-state index is 13.3. The van der Waals surface area contributed by atoms with E-state index >= 15 is 0 Å². The van der Waals surface area contributed by atoms with Crippen LogP contribution in [0.4, 0.5) is 57.1 Å². The predicted molar refractivity (Wildman–Crippen MR) is 252 cm³/mol. The van der Waals surface area contributed by atoms with Gasteiger partial charge in [0.2, 0.25) is 0 Å². The summed E-state index contributed by atoms with van der Waals surface area (Å²) in [6.07, 6.45) is 5.32. The molecule has 0 saturated heterocycles. The molecule has 7 rings (SSSR count). The number of anilines is 6. The third kappa shape index (κ3) is 12.4. The quantitative estimate of drug-likeness (QED) is 0.0380. The van der Waals surface area contributed by atoms with Crippen LogP contribution in [0.25, 0.3) is 0 Å². The van der Waals surface area contributed by atoms with Crippen LogP contribution in [-0.4, -0.2) is 48.8 Å². The molecular weight excluding hydrogens is 801 g/mol. The summed E-state index contributed by atoms with van der Waals surface area (Å²) in [7, 11) is 3.57. The van der Waals surface area contributed by atoms with E-state index in [-0.39, 0.29) is 11.8 Å². The van der Waals surface area contributed by atoms with Crippen LogP contribution in [0, 0.1) is 0 Å². The normalized spacial score (nSPS) is 11.2. The van der Waals surface area contributed by atoms with E-state index in [0.717, 1.165) is 34.1 Å². The number of benzene rings is 5. The van der Waals surface area contributed by atoms with Crippen LogP contribution in [0.15, 0.2) is 191 Å². The van der Waals surface area contributed by atoms with Gasteiger partial charge < -0.3 is 31.9 Å². The summed E-state index contributed by atoms with van der Waals surface area (Å²) in [4.78, 5) is 30.1. The van der Waals surface area contributed by atoms with Crippen LogP contribution in [0.2, 0.25) is 0 Å². The number of hydrogen-bond donors (Lipinski definition) is 4. The van der Waals surface area contributed by atoms with Crippen molar-refractivity contribution >= 4 is 68.9 Å². The molecule has 0 atom stereocenters. The number of nitrogens with zero attached hydrogens (tertiary/aromatic N) is 8. The zero-order valence-corrected chi connectivity index (χ0v) is 36.0. The van der Waals surface area contributed by atoms with Crippen LogP contribution in [0.5, 0.6) is 0 Å². The molecule has 0 aliphatic carbocycles. The number of amides is 2. The third-order valence-corrected chi connectivity index (χ3v) is 10.4. The van der Waals surface area contributed by atoms with E-state index in [2.05, 4.69) is 31.1 Å². The summed E-state index contributed by atoms with van der Waals surface area (Å²) in [5, 5.41) is 24.6. The number of nitrogen functional groups attached to an aromatic ring is 2. The van der Waals surface area contributed by atoms with Gasteiger partial charge in [-0.15, -0.1) is 0 Å². The number of aromatic nitrogens is 2. The summed E-state index contributed by atoms with van der Waals surface area (Å²) in [5.74, 6) is 1.19. The van der Waals surface area contributed by atoms with Gasteiger partial charge >= 0.3 is 11.6 Å². The fourth-order valence-electron chi connectivity index (χ4n) is 6.76. The first kappa shape index (κ1) is 43.8. The molecule has 64 heavy (non-hydrogen) atoms. The zero-order valence-electron chi connectivity index (χ0n) is 36.0. The Kier molecular flexibility index (Phi) is 14.7. The Morgan fingerprint density at radius 2 is 0.812 bits per heavy atom. The second-order valence-corrected chi connectivity index (χ2v) is 15.2. The molecule has 5 aromatic carbocycles. The molecule has 14 heteroatoms. The number of carbonyl (C=O) groups is 2. The lowest BCUT2D eigenvalue weighted by molar-refractivity contribution is -0.684. The smallest absolute Gasteiger partial charge is 0.350 e. The summed E-state index contributed by atoms with van der Waals surface area (Å²) >= 11 is 0. The van der Waals surface area contributed by atoms with Crippen molar-refractivity contribution in [2.75, 3.05) is 49.3 Å². The van der Waals surface area contributed by atoms with Crippen molar-refractivity contribution in [1.82, 2.24) is 9.80 Å². The maximum atomic E-state index is 13.3. The molecule has 6 N–H and O–H groups in total. The van der Waals surface area contributed by atoms with Gasteiger partial charge in [0.05, 0.1) is 35.7 Å². The summed E-state index contributed by atoms with van der Waals surface area (Å²) < 4.78 is 4.03. The molecule has 0 fully saturated rings. The first-order valence-electron chi connectivity index (χ1n) is 21.0. The average molecular weight is 853 g/mol. The van der Waals surface area contributed by atoms with Crippen molar-refractivity contribution in [2.24, 2.45) is 20.5 Å². The Bertz CT molecular complexity index is 2500. The van der Waals surface area contributed by atoms with E-state index in [1.807, 2.05) is 155 Å². The second kappa shape index (κ2) is 21.5. The highest BCUT2D eigenvalue weighted by molar-refractivity contribution is 5.97. The van der Waals surface area contributed by atoms with E-state index < -0.39 is 0 Å². The van der Waals surface area contributed by atoms with Gasteiger partial charge in [-0.3, -0.25) is 9.59 Å². The zero-order chi connectivity index (χ0) is 44.7. The number of rotatable bonds is 18. The van der Waals surface area contributed by atoms with Gasteiger partial charge in [-0.25, -0.2) is 9.13 Å². The largest absolute Gasteiger partial charge is 0.399 e. The molecule has 2 amide bonds. The van der Waals surface area contributed by atoms with Crippen LogP contribution >= 0.6 is 0 Å². The SMILES string of the molecule is CN(CCC[n+]1ccccc1N=Nc1ccc(Nc2ccc(N)cc2)cc1)C(=O)c1ccc(C(=O)N(C)CCC[n+]2ccccc2N=Nc2ccc(Nc3ccc(N)cc3)cc2)cc1. The molecule has 322 valence electrons. The van der Waals surface area contributed by atoms with Gasteiger partial charge in [0.1, 0.15) is 11.4 Å². The highest BCUT2D eigenvalue weighted by Gasteiger charge is 2.17. The van der Waals surface area contributed by atoms with Crippen molar-refractivity contribution in [2.45, 2.75) is 25.9 Å². The molecular formula is C50H52N12O2+2. The van der Waals surface area contributed by atoms with Gasteiger partial charge in [0.15, 0.2) is 0 Å². The van der Waals surface area contributed by atoms with Crippen molar-refractivity contribution in [3.8, 4) is 0 Å². The Morgan fingerprint density at radius 1 is 0.469 bits per heavy atom. The van der Waals surface area contributed by atoms with Gasteiger partial charge in [-0.1, -0.05) is 12.1 Å². The fourth-order valence-corrected chi connectivity index (χ4v) is 6.76. The van der Waals surface area contributed by atoms with Crippen molar-refractivity contribution in [1.29, 1.82) is 0 Å². The lowest BCUT2D eigenvalue weighted by Gasteiger charge is -2.18. The molecule has 0 aliphatic heterocycles. The van der Waals surface area contributed by atoms with Crippen LogP contribution in [-0.2, 0) is 13.1 Å². The average Bonchev–Trinajstić information content (AvgIpc) is 3.32. The minimum Gasteiger partial charge on any atom is -0.399 e. The number of pyridine rings is 2. The number of aryl methyl sites for hydroxylation is 2. The standard InChI is InChI=1S/C50H50N12O2/c1-59(31-7-35-61-33-5-3-9-47(61)57-55-45-27-23-43(24-28-45)53-41-19-15-39(51)16-20-41)49(63)37-11-13-38(14-12-37)50(64)60(2)32-8-36-62-34-6-4-10-48(62)58-56-46-29-25-44(26-30-46)54-42-21-17-40(52)18-22-42/h3-6,9-30,33-34H,7-8,31-32,35-36H2,1-2H3,(H4,51,52,55,56)/p+2. The molecule has 7 aromatic rings. The van der Waals surface area contributed by atoms with Crippen LogP contribution in [0.1, 0.15) is 33.6 Å². The van der Waals surface area contributed by atoms with E-state index in [1.54, 1.807) is 48.2 Å². The highest BCUT2D eigenvalue weighted by atomic mass is 16.2. The van der Waals surface area contributed by atoms with Gasteiger partial charge in [-0.05, 0) is 144 Å². The Labute approximate surface area is 373 Å². The van der Waals surface area contributed by atoms with Crippen LogP contribution < -0.4 is 31.2 Å². The van der Waals surface area contributed by atoms with Gasteiger partial charge in [0.25, 0.3) is 11.8 Å². The Balaban J connectivity index is 0.844. The van der Waals surface area contributed by atoms with E-state index in [0.29, 0.717) is 73.2 Å². The summed E-state index contributed by atoms with van der Waals surface area (Å²) in [5.41, 5.74) is 19.2. The number of nitrogens with one attached hydrogen (secondary N) is 2. The third-order valence-electron chi connectivity index (χ3n) is 10.4. The fraction of sp³-hybridized carbons (Fsp3) is 0.160. The Morgan fingerprint density at radius 3 is 1.17 bits per heavy atom. The molecule has 0 aliphatic rings. The van der Waals surface area contributed by atoms with E-state index in [9.17, 15) is 9.59 Å². The van der Waals surface area contributed by atoms with Gasteiger partial charge in [0, 0.05) is 97.4 Å². The summed E-state index contributed by atoms with van der Waals surface area (Å²) in [6.45, 7) is 2.35. The van der Waals surface area contributed by atoms with Crippen LogP contribution in [0.3, 0.4) is 0 Å². The monoisotopic (exact) mass is 852 g/mol. The Hall–Kier alpha value is -8.26. The minimum atomic E-state index is -0.115. The maximum Gasteiger partial charge on any atom is 0.350 e. The molecule has 0 spiro atoms. The topological polar surface area (TPSA) is 174 Å². The molecule has 0 radical (unpaired) electrons. The van der Waals surface area contributed by atoms with Crippen molar-refractivity contribution in [3.63, 3.8) is 0 Å². The minimum absolute atomic E-state index is 0.115. The molecule has 0 bridgehead atoms. The van der Waals surface area contributed by atoms with Gasteiger partial charge in [-0.2, -0.15) is 0 Å². The highest BCUT2D eigenvalue weighted by Crippen LogP contribution is 2.24. The predicted octanol–water partition coefficient (Wildman–Crippen LogP) is 10.1. The summed E-state index contributed by atoms with van der Waals surface area (Å²) in [6, 6.07) is 48.9. The van der Waals surface area contributed by atoms with Crippen molar-refractivity contribution < 1.29 is 18.7 Å². The molecule has 0 unspecified atom stereocenters. The van der Waals surface area contributed by atoms with E-state index in [1.165, 1.54) is 0 Å². The second-order valence-electron chi connectivity index (χ2n) is 15.2. The molecule has 2 aromatic heterocycles. The number of azo groups is 2. The lowest BCUT2D eigenvalue weighted by atomic mass is 10.1.